The Hall–Kier alpha value is -1.30. The molecule has 6 heteroatoms. The first-order chi connectivity index (χ1) is 11.4. The minimum atomic E-state index is -1.12. The molecule has 0 aromatic rings. The third kappa shape index (κ3) is 7.99. The second kappa shape index (κ2) is 11.3. The van der Waals surface area contributed by atoms with Crippen LogP contribution in [-0.2, 0) is 4.79 Å². The number of hydrogen-bond donors (Lipinski definition) is 4. The first-order valence-electron chi connectivity index (χ1n) is 9.39. The van der Waals surface area contributed by atoms with Gasteiger partial charge in [0.25, 0.3) is 0 Å². The van der Waals surface area contributed by atoms with E-state index in [0.29, 0.717) is 18.9 Å². The van der Waals surface area contributed by atoms with E-state index in [2.05, 4.69) is 17.6 Å². The average Bonchev–Trinajstić information content (AvgIpc) is 2.54. The molecule has 4 N–H and O–H groups in total. The molecule has 0 aromatic carbocycles. The number of unbranched alkanes of at least 4 members (excludes halogenated alkanes) is 1. The maximum Gasteiger partial charge on any atom is 0.404 e. The summed E-state index contributed by atoms with van der Waals surface area (Å²) in [5.41, 5.74) is 0. The molecule has 140 valence electrons. The second-order valence-electron chi connectivity index (χ2n) is 7.14. The number of carbonyl (C=O) groups excluding carboxylic acids is 1. The Morgan fingerprint density at radius 3 is 2.46 bits per heavy atom. The summed E-state index contributed by atoms with van der Waals surface area (Å²) in [5, 5.41) is 24.8. The number of nitrogens with one attached hydrogen (secondary N) is 2. The van der Waals surface area contributed by atoms with Crippen molar-refractivity contribution in [2.75, 3.05) is 6.54 Å². The maximum atomic E-state index is 12.0. The van der Waals surface area contributed by atoms with E-state index in [0.717, 1.165) is 25.7 Å². The van der Waals surface area contributed by atoms with Crippen molar-refractivity contribution in [3.8, 4) is 0 Å². The smallest absolute Gasteiger partial charge is 0.404 e. The number of carbonyl (C=O) groups is 2. The summed E-state index contributed by atoms with van der Waals surface area (Å²) in [6, 6.07) is -0.503. The molecule has 0 aromatic heterocycles. The molecular weight excluding hydrogens is 308 g/mol. The first kappa shape index (κ1) is 20.7. The minimum Gasteiger partial charge on any atom is -0.465 e. The molecule has 0 aliphatic heterocycles. The van der Waals surface area contributed by atoms with Crippen LogP contribution in [0.4, 0.5) is 4.79 Å². The van der Waals surface area contributed by atoms with E-state index >= 15 is 0 Å². The molecule has 0 spiro atoms. The fraction of sp³-hybridized carbons (Fsp3) is 0.889. The van der Waals surface area contributed by atoms with Crippen LogP contribution in [0.1, 0.15) is 71.6 Å². The maximum absolute atomic E-state index is 12.0. The molecule has 3 atom stereocenters. The lowest BCUT2D eigenvalue weighted by Crippen LogP contribution is -2.45. The zero-order valence-electron chi connectivity index (χ0n) is 15.1. The Morgan fingerprint density at radius 1 is 1.21 bits per heavy atom. The Kier molecular flexibility index (Phi) is 9.76. The number of rotatable bonds is 10. The zero-order chi connectivity index (χ0) is 17.9. The van der Waals surface area contributed by atoms with Gasteiger partial charge >= 0.3 is 6.09 Å². The summed E-state index contributed by atoms with van der Waals surface area (Å²) in [7, 11) is 0. The van der Waals surface area contributed by atoms with E-state index in [1.807, 2.05) is 0 Å². The van der Waals surface area contributed by atoms with Gasteiger partial charge in [-0.3, -0.25) is 4.79 Å². The van der Waals surface area contributed by atoms with E-state index in [-0.39, 0.29) is 18.2 Å². The topological polar surface area (TPSA) is 98.7 Å². The zero-order valence-corrected chi connectivity index (χ0v) is 15.1. The van der Waals surface area contributed by atoms with Gasteiger partial charge in [-0.2, -0.15) is 0 Å². The van der Waals surface area contributed by atoms with Gasteiger partial charge in [-0.05, 0) is 25.2 Å². The lowest BCUT2D eigenvalue weighted by molar-refractivity contribution is -0.125. The Balaban J connectivity index is 2.51. The average molecular weight is 342 g/mol. The minimum absolute atomic E-state index is 0.0748. The number of aliphatic hydroxyl groups is 1. The van der Waals surface area contributed by atoms with Crippen molar-refractivity contribution in [1.82, 2.24) is 10.6 Å². The van der Waals surface area contributed by atoms with E-state index in [1.54, 1.807) is 6.92 Å². The Morgan fingerprint density at radius 2 is 1.88 bits per heavy atom. The molecule has 0 radical (unpaired) electrons. The van der Waals surface area contributed by atoms with Crippen LogP contribution >= 0.6 is 0 Å². The molecular formula is C18H34N2O4. The first-order valence-corrected chi connectivity index (χ1v) is 9.39. The SMILES string of the molecule is CCCCNC(=O)C(C)CC(O)C(CC1CCCCC1)NC(=O)O. The van der Waals surface area contributed by atoms with Crippen molar-refractivity contribution < 1.29 is 19.8 Å². The normalized spacial score (nSPS) is 19.3. The lowest BCUT2D eigenvalue weighted by Gasteiger charge is -2.30. The highest BCUT2D eigenvalue weighted by Crippen LogP contribution is 2.28. The van der Waals surface area contributed by atoms with Gasteiger partial charge < -0.3 is 20.8 Å². The number of amides is 2. The molecule has 1 aliphatic carbocycles. The van der Waals surface area contributed by atoms with E-state index in [4.69, 9.17) is 5.11 Å². The molecule has 3 unspecified atom stereocenters. The largest absolute Gasteiger partial charge is 0.465 e. The van der Waals surface area contributed by atoms with Crippen molar-refractivity contribution in [2.45, 2.75) is 83.8 Å². The van der Waals surface area contributed by atoms with Gasteiger partial charge in [0.05, 0.1) is 12.1 Å². The van der Waals surface area contributed by atoms with Crippen LogP contribution in [0.2, 0.25) is 0 Å². The van der Waals surface area contributed by atoms with Gasteiger partial charge in [0.1, 0.15) is 0 Å². The van der Waals surface area contributed by atoms with Crippen molar-refractivity contribution in [3.05, 3.63) is 0 Å². The highest BCUT2D eigenvalue weighted by molar-refractivity contribution is 5.78. The summed E-state index contributed by atoms with van der Waals surface area (Å²) in [6.07, 6.45) is 6.71. The number of hydrogen-bond acceptors (Lipinski definition) is 3. The third-order valence-electron chi connectivity index (χ3n) is 4.96. The van der Waals surface area contributed by atoms with Crippen LogP contribution in [0.25, 0.3) is 0 Å². The monoisotopic (exact) mass is 342 g/mol. The van der Waals surface area contributed by atoms with Crippen molar-refractivity contribution in [2.24, 2.45) is 11.8 Å². The number of aliphatic hydroxyl groups excluding tert-OH is 1. The van der Waals surface area contributed by atoms with E-state index in [9.17, 15) is 14.7 Å². The Bertz CT molecular complexity index is 383. The number of carboxylic acid groups (broad SMARTS) is 1. The molecule has 1 saturated carbocycles. The van der Waals surface area contributed by atoms with E-state index in [1.165, 1.54) is 19.3 Å². The predicted molar refractivity (Wildman–Crippen MR) is 93.8 cm³/mol. The van der Waals surface area contributed by atoms with Gasteiger partial charge in [-0.25, -0.2) is 4.79 Å². The second-order valence-corrected chi connectivity index (χ2v) is 7.14. The quantitative estimate of drug-likeness (QED) is 0.459. The Labute approximate surface area is 145 Å². The van der Waals surface area contributed by atoms with Crippen LogP contribution < -0.4 is 10.6 Å². The summed E-state index contributed by atoms with van der Waals surface area (Å²) in [5.74, 6) is 0.0504. The van der Waals surface area contributed by atoms with Crippen LogP contribution in [0.15, 0.2) is 0 Å². The van der Waals surface area contributed by atoms with Gasteiger partial charge in [-0.15, -0.1) is 0 Å². The summed E-state index contributed by atoms with van der Waals surface area (Å²) < 4.78 is 0. The van der Waals surface area contributed by atoms with Gasteiger partial charge in [0.2, 0.25) is 5.91 Å². The molecule has 24 heavy (non-hydrogen) atoms. The molecule has 0 heterocycles. The molecule has 1 aliphatic rings. The highest BCUT2D eigenvalue weighted by atomic mass is 16.4. The van der Waals surface area contributed by atoms with Gasteiger partial charge in [-0.1, -0.05) is 52.4 Å². The van der Waals surface area contributed by atoms with Crippen LogP contribution in [-0.4, -0.2) is 40.9 Å². The van der Waals surface area contributed by atoms with Crippen LogP contribution in [0, 0.1) is 11.8 Å². The molecule has 2 amide bonds. The molecule has 1 fully saturated rings. The van der Waals surface area contributed by atoms with Crippen LogP contribution in [0.3, 0.4) is 0 Å². The van der Waals surface area contributed by atoms with Gasteiger partial charge in [0.15, 0.2) is 0 Å². The van der Waals surface area contributed by atoms with Gasteiger partial charge in [0, 0.05) is 12.5 Å². The molecule has 1 rings (SSSR count). The van der Waals surface area contributed by atoms with Crippen molar-refractivity contribution in [3.63, 3.8) is 0 Å². The van der Waals surface area contributed by atoms with Crippen molar-refractivity contribution >= 4 is 12.0 Å². The summed E-state index contributed by atoms with van der Waals surface area (Å²) in [6.45, 7) is 4.49. The third-order valence-corrected chi connectivity index (χ3v) is 4.96. The molecule has 0 saturated heterocycles. The van der Waals surface area contributed by atoms with Crippen LogP contribution in [0.5, 0.6) is 0 Å². The standard InChI is InChI=1S/C18H34N2O4/c1-3-4-10-19-17(22)13(2)11-16(21)15(20-18(23)24)12-14-8-6-5-7-9-14/h13-16,20-21H,3-12H2,1-2H3,(H,19,22)(H,23,24). The molecule has 0 bridgehead atoms. The summed E-state index contributed by atoms with van der Waals surface area (Å²) in [4.78, 5) is 23.1. The van der Waals surface area contributed by atoms with Crippen molar-refractivity contribution in [1.29, 1.82) is 0 Å². The van der Waals surface area contributed by atoms with E-state index < -0.39 is 18.2 Å². The fourth-order valence-electron chi connectivity index (χ4n) is 3.45. The highest BCUT2D eigenvalue weighted by Gasteiger charge is 2.28. The summed E-state index contributed by atoms with van der Waals surface area (Å²) >= 11 is 0. The fourth-order valence-corrected chi connectivity index (χ4v) is 3.45. The predicted octanol–water partition coefficient (Wildman–Crippen LogP) is 2.90. The molecule has 6 nitrogen and oxygen atoms in total. The lowest BCUT2D eigenvalue weighted by atomic mass is 9.82.